The van der Waals surface area contributed by atoms with Crippen LogP contribution >= 0.6 is 11.6 Å². The van der Waals surface area contributed by atoms with Gasteiger partial charge in [0.1, 0.15) is 0 Å². The molecule has 0 aliphatic carbocycles. The molecule has 2 rings (SSSR count). The van der Waals surface area contributed by atoms with Crippen LogP contribution in [-0.4, -0.2) is 41.3 Å². The van der Waals surface area contributed by atoms with Crippen LogP contribution in [0.4, 0.5) is 0 Å². The van der Waals surface area contributed by atoms with Gasteiger partial charge in [0.25, 0.3) is 0 Å². The van der Waals surface area contributed by atoms with Gasteiger partial charge in [-0.3, -0.25) is 4.90 Å². The van der Waals surface area contributed by atoms with Gasteiger partial charge in [-0.25, -0.2) is 0 Å². The minimum absolute atomic E-state index is 0.448. The first kappa shape index (κ1) is 11.8. The topological polar surface area (TPSA) is 41.1 Å². The third-order valence-corrected chi connectivity index (χ3v) is 3.02. The van der Waals surface area contributed by atoms with Crippen molar-refractivity contribution in [2.45, 2.75) is 25.4 Å². The number of hydrogen-bond donors (Lipinski definition) is 1. The highest BCUT2D eigenvalue weighted by Crippen LogP contribution is 2.08. The largest absolute Gasteiger partial charge is 0.313 e. The van der Waals surface area contributed by atoms with Crippen molar-refractivity contribution in [2.75, 3.05) is 20.1 Å². The zero-order valence-electron chi connectivity index (χ0n) is 9.49. The molecule has 0 bridgehead atoms. The number of rotatable bonds is 4. The molecule has 1 saturated heterocycles. The average Bonchev–Trinajstić information content (AvgIpc) is 2.74. The summed E-state index contributed by atoms with van der Waals surface area (Å²) in [4.78, 5) is 2.26. The van der Waals surface area contributed by atoms with Crippen LogP contribution in [-0.2, 0) is 6.54 Å². The highest BCUT2D eigenvalue weighted by Gasteiger charge is 2.16. The molecule has 0 amide bonds. The Morgan fingerprint density at radius 1 is 1.50 bits per heavy atom. The number of hydrogen-bond acceptors (Lipinski definition) is 4. The van der Waals surface area contributed by atoms with Gasteiger partial charge in [0.05, 0.1) is 5.69 Å². The van der Waals surface area contributed by atoms with Crippen molar-refractivity contribution in [1.29, 1.82) is 0 Å². The van der Waals surface area contributed by atoms with Gasteiger partial charge >= 0.3 is 0 Å². The zero-order valence-corrected chi connectivity index (χ0v) is 10.2. The van der Waals surface area contributed by atoms with E-state index in [-0.39, 0.29) is 0 Å². The quantitative estimate of drug-likeness (QED) is 0.862. The molecule has 0 saturated carbocycles. The highest BCUT2D eigenvalue weighted by atomic mass is 35.5. The molecule has 1 aliphatic heterocycles. The molecule has 2 heterocycles. The van der Waals surface area contributed by atoms with E-state index in [1.54, 1.807) is 6.07 Å². The Kier molecular flexibility index (Phi) is 4.09. The first-order valence-electron chi connectivity index (χ1n) is 5.64. The summed E-state index contributed by atoms with van der Waals surface area (Å²) in [5.41, 5.74) is 0.963. The third-order valence-electron chi connectivity index (χ3n) is 2.81. The van der Waals surface area contributed by atoms with Gasteiger partial charge in [-0.2, -0.15) is 5.10 Å². The molecular formula is C11H17ClN4. The predicted molar refractivity (Wildman–Crippen MR) is 64.4 cm³/mol. The SMILES string of the molecule is CN(Cc1ccc(Cl)nn1)C[C@H]1CCCN1. The van der Waals surface area contributed by atoms with Gasteiger partial charge in [0.15, 0.2) is 5.15 Å². The molecule has 5 heteroatoms. The van der Waals surface area contributed by atoms with E-state index in [1.807, 2.05) is 6.07 Å². The van der Waals surface area contributed by atoms with E-state index in [0.717, 1.165) is 25.3 Å². The fraction of sp³-hybridized carbons (Fsp3) is 0.636. The third kappa shape index (κ3) is 3.40. The van der Waals surface area contributed by atoms with Gasteiger partial charge < -0.3 is 5.32 Å². The Bertz CT molecular complexity index is 321. The Labute approximate surface area is 101 Å². The van der Waals surface area contributed by atoms with Crippen molar-refractivity contribution in [2.24, 2.45) is 0 Å². The monoisotopic (exact) mass is 240 g/mol. The van der Waals surface area contributed by atoms with Crippen LogP contribution in [0.3, 0.4) is 0 Å². The lowest BCUT2D eigenvalue weighted by molar-refractivity contribution is 0.289. The molecule has 1 aliphatic rings. The predicted octanol–water partition coefficient (Wildman–Crippen LogP) is 1.31. The van der Waals surface area contributed by atoms with Crippen molar-refractivity contribution < 1.29 is 0 Å². The fourth-order valence-electron chi connectivity index (χ4n) is 2.06. The zero-order chi connectivity index (χ0) is 11.4. The summed E-state index contributed by atoms with van der Waals surface area (Å²) in [6, 6.07) is 4.34. The second-order valence-electron chi connectivity index (χ2n) is 4.34. The van der Waals surface area contributed by atoms with Crippen LogP contribution in [0, 0.1) is 0 Å². The van der Waals surface area contributed by atoms with E-state index in [9.17, 15) is 0 Å². The summed E-state index contributed by atoms with van der Waals surface area (Å²) in [7, 11) is 2.11. The minimum Gasteiger partial charge on any atom is -0.313 e. The van der Waals surface area contributed by atoms with Gasteiger partial charge in [0, 0.05) is 19.1 Å². The van der Waals surface area contributed by atoms with Gasteiger partial charge in [0.2, 0.25) is 0 Å². The lowest BCUT2D eigenvalue weighted by atomic mass is 10.2. The molecule has 0 spiro atoms. The normalized spacial score (nSPS) is 20.6. The van der Waals surface area contributed by atoms with Crippen molar-refractivity contribution in [1.82, 2.24) is 20.4 Å². The van der Waals surface area contributed by atoms with E-state index >= 15 is 0 Å². The molecule has 0 aromatic carbocycles. The first-order valence-corrected chi connectivity index (χ1v) is 6.02. The molecule has 88 valence electrons. The summed E-state index contributed by atoms with van der Waals surface area (Å²) in [6.45, 7) is 3.03. The van der Waals surface area contributed by atoms with E-state index < -0.39 is 0 Å². The standard InChI is InChI=1S/C11H17ClN4/c1-16(7-9-3-2-6-13-9)8-10-4-5-11(12)15-14-10/h4-5,9,13H,2-3,6-8H2,1H3/t9-/m1/s1. The minimum atomic E-state index is 0.448. The maximum Gasteiger partial charge on any atom is 0.151 e. The number of halogens is 1. The van der Waals surface area contributed by atoms with Crippen molar-refractivity contribution in [3.05, 3.63) is 23.0 Å². The second kappa shape index (κ2) is 5.57. The molecular weight excluding hydrogens is 224 g/mol. The lowest BCUT2D eigenvalue weighted by Gasteiger charge is -2.20. The number of aromatic nitrogens is 2. The highest BCUT2D eigenvalue weighted by molar-refractivity contribution is 6.29. The Morgan fingerprint density at radius 3 is 3.00 bits per heavy atom. The van der Waals surface area contributed by atoms with E-state index in [1.165, 1.54) is 12.8 Å². The molecule has 1 fully saturated rings. The van der Waals surface area contributed by atoms with Crippen LogP contribution in [0.2, 0.25) is 5.15 Å². The van der Waals surface area contributed by atoms with Crippen LogP contribution < -0.4 is 5.32 Å². The van der Waals surface area contributed by atoms with E-state index in [0.29, 0.717) is 11.2 Å². The van der Waals surface area contributed by atoms with Gasteiger partial charge in [-0.15, -0.1) is 5.10 Å². The van der Waals surface area contributed by atoms with E-state index in [4.69, 9.17) is 11.6 Å². The molecule has 1 N–H and O–H groups in total. The van der Waals surface area contributed by atoms with Crippen LogP contribution in [0.25, 0.3) is 0 Å². The Morgan fingerprint density at radius 2 is 2.38 bits per heavy atom. The molecule has 4 nitrogen and oxygen atoms in total. The summed E-state index contributed by atoms with van der Waals surface area (Å²) in [5.74, 6) is 0. The second-order valence-corrected chi connectivity index (χ2v) is 4.72. The molecule has 0 unspecified atom stereocenters. The lowest BCUT2D eigenvalue weighted by Crippen LogP contribution is -2.35. The Balaban J connectivity index is 1.81. The Hall–Kier alpha value is -0.710. The summed E-state index contributed by atoms with van der Waals surface area (Å²) in [6.07, 6.45) is 2.57. The van der Waals surface area contributed by atoms with Crippen molar-refractivity contribution >= 4 is 11.6 Å². The number of nitrogens with one attached hydrogen (secondary N) is 1. The molecule has 0 radical (unpaired) electrons. The molecule has 1 atom stereocenters. The molecule has 1 aromatic heterocycles. The van der Waals surface area contributed by atoms with Gasteiger partial charge in [-0.1, -0.05) is 11.6 Å². The summed E-state index contributed by atoms with van der Waals surface area (Å²) < 4.78 is 0. The number of likely N-dealkylation sites (N-methyl/N-ethyl adjacent to an activating group) is 1. The smallest absolute Gasteiger partial charge is 0.151 e. The van der Waals surface area contributed by atoms with Crippen LogP contribution in [0.5, 0.6) is 0 Å². The van der Waals surface area contributed by atoms with Crippen molar-refractivity contribution in [3.63, 3.8) is 0 Å². The maximum atomic E-state index is 5.69. The molecule has 1 aromatic rings. The average molecular weight is 241 g/mol. The van der Waals surface area contributed by atoms with Gasteiger partial charge in [-0.05, 0) is 38.6 Å². The number of nitrogens with zero attached hydrogens (tertiary/aromatic N) is 3. The first-order chi connectivity index (χ1) is 7.74. The van der Waals surface area contributed by atoms with E-state index in [2.05, 4.69) is 27.5 Å². The summed E-state index contributed by atoms with van der Waals surface area (Å²) >= 11 is 5.69. The van der Waals surface area contributed by atoms with Crippen molar-refractivity contribution in [3.8, 4) is 0 Å². The van der Waals surface area contributed by atoms with Crippen LogP contribution in [0.15, 0.2) is 12.1 Å². The maximum absolute atomic E-state index is 5.69. The van der Waals surface area contributed by atoms with Crippen LogP contribution in [0.1, 0.15) is 18.5 Å². The molecule has 16 heavy (non-hydrogen) atoms. The summed E-state index contributed by atoms with van der Waals surface area (Å²) in [5, 5.41) is 11.8. The fourth-order valence-corrected chi connectivity index (χ4v) is 2.16.